The molecule has 0 unspecified atom stereocenters. The van der Waals surface area contributed by atoms with E-state index in [-0.39, 0.29) is 0 Å². The highest BCUT2D eigenvalue weighted by Crippen LogP contribution is 2.21. The Morgan fingerprint density at radius 1 is 1.18 bits per heavy atom. The number of aryl methyl sites for hydroxylation is 2. The third kappa shape index (κ3) is 2.61. The molecule has 0 atom stereocenters. The fourth-order valence-corrected chi connectivity index (χ4v) is 2.29. The van der Waals surface area contributed by atoms with Crippen molar-refractivity contribution in [3.8, 4) is 0 Å². The second-order valence-electron chi connectivity index (χ2n) is 4.97. The molecule has 0 aliphatic heterocycles. The van der Waals surface area contributed by atoms with E-state index < -0.39 is 12.2 Å². The van der Waals surface area contributed by atoms with Crippen molar-refractivity contribution in [1.29, 1.82) is 0 Å². The van der Waals surface area contributed by atoms with Gasteiger partial charge in [0.25, 0.3) is 6.43 Å². The molecule has 0 aliphatic rings. The lowest BCUT2D eigenvalue weighted by Crippen LogP contribution is -2.03. The van der Waals surface area contributed by atoms with Crippen LogP contribution < -0.4 is 5.32 Å². The predicted molar refractivity (Wildman–Crippen MR) is 79.6 cm³/mol. The van der Waals surface area contributed by atoms with Crippen LogP contribution in [-0.4, -0.2) is 19.8 Å². The molecule has 0 saturated carbocycles. The second kappa shape index (κ2) is 5.67. The molecule has 3 aromatic rings. The van der Waals surface area contributed by atoms with Crippen molar-refractivity contribution >= 4 is 17.2 Å². The minimum atomic E-state index is -2.72. The van der Waals surface area contributed by atoms with Gasteiger partial charge in [0, 0.05) is 5.69 Å². The zero-order valence-electron chi connectivity index (χ0n) is 12.2. The van der Waals surface area contributed by atoms with Gasteiger partial charge in [0.05, 0.1) is 0 Å². The van der Waals surface area contributed by atoms with E-state index in [0.29, 0.717) is 11.5 Å². The van der Waals surface area contributed by atoms with Crippen LogP contribution in [0.2, 0.25) is 0 Å². The molecular weight excluding hydrogens is 288 g/mol. The van der Waals surface area contributed by atoms with Crippen molar-refractivity contribution in [3.63, 3.8) is 0 Å². The summed E-state index contributed by atoms with van der Waals surface area (Å²) in [5.41, 5.74) is 3.60. The lowest BCUT2D eigenvalue weighted by molar-refractivity contribution is 0.137. The fraction of sp³-hybridized carbons (Fsp3) is 0.267. The van der Waals surface area contributed by atoms with Crippen molar-refractivity contribution in [1.82, 2.24) is 19.8 Å². The quantitative estimate of drug-likeness (QED) is 0.799. The number of hydrogen-bond donors (Lipinski definition) is 1. The maximum absolute atomic E-state index is 12.8. The number of halogens is 2. The number of hydrogen-bond acceptors (Lipinski definition) is 4. The molecule has 0 fully saturated rings. The summed E-state index contributed by atoms with van der Waals surface area (Å²) in [6.45, 7) is 4.14. The summed E-state index contributed by atoms with van der Waals surface area (Å²) < 4.78 is 26.8. The Balaban J connectivity index is 1.95. The summed E-state index contributed by atoms with van der Waals surface area (Å²) >= 11 is 0. The molecule has 0 amide bonds. The largest absolute Gasteiger partial charge is 0.339 e. The average molecular weight is 303 g/mol. The van der Waals surface area contributed by atoms with Crippen LogP contribution in [0.5, 0.6) is 0 Å². The first kappa shape index (κ1) is 14.4. The molecule has 2 aromatic heterocycles. The van der Waals surface area contributed by atoms with Crippen LogP contribution in [0.15, 0.2) is 30.3 Å². The van der Waals surface area contributed by atoms with Crippen LogP contribution >= 0.6 is 0 Å². The molecule has 0 saturated heterocycles. The van der Waals surface area contributed by atoms with Crippen LogP contribution in [0.3, 0.4) is 0 Å². The van der Waals surface area contributed by atoms with Gasteiger partial charge in [0.1, 0.15) is 0 Å². The van der Waals surface area contributed by atoms with Gasteiger partial charge in [-0.25, -0.2) is 8.78 Å². The van der Waals surface area contributed by atoms with Crippen LogP contribution in [0.4, 0.5) is 20.3 Å². The van der Waals surface area contributed by atoms with Crippen molar-refractivity contribution in [2.24, 2.45) is 0 Å². The average Bonchev–Trinajstić information content (AvgIpc) is 2.92. The molecule has 22 heavy (non-hydrogen) atoms. The number of fused-ring (bicyclic) bond motifs is 1. The highest BCUT2D eigenvalue weighted by atomic mass is 19.3. The highest BCUT2D eigenvalue weighted by molar-refractivity contribution is 5.59. The molecule has 3 rings (SSSR count). The molecule has 0 radical (unpaired) electrons. The van der Waals surface area contributed by atoms with E-state index in [9.17, 15) is 8.78 Å². The van der Waals surface area contributed by atoms with Gasteiger partial charge in [-0.05, 0) is 48.7 Å². The van der Waals surface area contributed by atoms with Crippen molar-refractivity contribution in [2.45, 2.75) is 26.7 Å². The molecule has 1 N–H and O–H groups in total. The van der Waals surface area contributed by atoms with Gasteiger partial charge in [-0.3, -0.25) is 0 Å². The van der Waals surface area contributed by atoms with Crippen molar-refractivity contribution in [2.75, 3.05) is 5.32 Å². The molecule has 0 spiro atoms. The number of nitrogens with one attached hydrogen (secondary N) is 1. The number of anilines is 2. The molecule has 0 bridgehead atoms. The molecule has 1 aromatic carbocycles. The van der Waals surface area contributed by atoms with Gasteiger partial charge in [-0.2, -0.15) is 4.52 Å². The number of aromatic nitrogens is 4. The van der Waals surface area contributed by atoms with E-state index in [0.717, 1.165) is 16.6 Å². The molecule has 114 valence electrons. The number of rotatable bonds is 4. The maximum Gasteiger partial charge on any atom is 0.299 e. The second-order valence-corrected chi connectivity index (χ2v) is 4.97. The van der Waals surface area contributed by atoms with Gasteiger partial charge >= 0.3 is 0 Å². The summed E-state index contributed by atoms with van der Waals surface area (Å²) in [7, 11) is 0. The molecule has 2 heterocycles. The number of benzene rings is 1. The Morgan fingerprint density at radius 2 is 2.00 bits per heavy atom. The summed E-state index contributed by atoms with van der Waals surface area (Å²) in [6, 6.07) is 9.26. The van der Waals surface area contributed by atoms with Gasteiger partial charge in [0.2, 0.25) is 5.82 Å². The number of nitrogens with zero attached hydrogens (tertiary/aromatic N) is 4. The Bertz CT molecular complexity index is 813. The third-order valence-corrected chi connectivity index (χ3v) is 3.48. The molecule has 0 aliphatic carbocycles. The summed E-state index contributed by atoms with van der Waals surface area (Å²) in [6.07, 6.45) is -1.79. The Hall–Kier alpha value is -2.57. The third-order valence-electron chi connectivity index (χ3n) is 3.48. The van der Waals surface area contributed by atoms with Gasteiger partial charge in [-0.15, -0.1) is 15.3 Å². The van der Waals surface area contributed by atoms with Gasteiger partial charge < -0.3 is 5.32 Å². The monoisotopic (exact) mass is 303 g/mol. The van der Waals surface area contributed by atoms with E-state index in [1.165, 1.54) is 11.1 Å². The minimum Gasteiger partial charge on any atom is -0.339 e. The number of alkyl halides is 2. The van der Waals surface area contributed by atoms with Gasteiger partial charge in [-0.1, -0.05) is 13.0 Å². The lowest BCUT2D eigenvalue weighted by Gasteiger charge is -2.09. The van der Waals surface area contributed by atoms with Crippen LogP contribution in [0.25, 0.3) is 5.65 Å². The first-order chi connectivity index (χ1) is 10.6. The zero-order chi connectivity index (χ0) is 15.7. The van der Waals surface area contributed by atoms with E-state index in [2.05, 4.69) is 34.5 Å². The maximum atomic E-state index is 12.8. The van der Waals surface area contributed by atoms with E-state index >= 15 is 0 Å². The van der Waals surface area contributed by atoms with Crippen LogP contribution in [0, 0.1) is 6.92 Å². The topological polar surface area (TPSA) is 55.1 Å². The van der Waals surface area contributed by atoms with Crippen molar-refractivity contribution in [3.05, 3.63) is 47.3 Å². The lowest BCUT2D eigenvalue weighted by atomic mass is 10.1. The first-order valence-electron chi connectivity index (χ1n) is 6.95. The Kier molecular flexibility index (Phi) is 3.70. The first-order valence-corrected chi connectivity index (χ1v) is 6.95. The summed E-state index contributed by atoms with van der Waals surface area (Å²) in [5.74, 6) is -0.00286. The normalized spacial score (nSPS) is 11.3. The SMILES string of the molecule is CCc1cc(Nc2ccc3nnc(C(F)F)n3n2)ccc1C. The van der Waals surface area contributed by atoms with E-state index in [4.69, 9.17) is 0 Å². The molecule has 7 heteroatoms. The highest BCUT2D eigenvalue weighted by Gasteiger charge is 2.17. The fourth-order valence-electron chi connectivity index (χ4n) is 2.29. The molecule has 5 nitrogen and oxygen atoms in total. The Morgan fingerprint density at radius 3 is 2.73 bits per heavy atom. The minimum absolute atomic E-state index is 0.291. The smallest absolute Gasteiger partial charge is 0.299 e. The van der Waals surface area contributed by atoms with E-state index in [1.54, 1.807) is 12.1 Å². The van der Waals surface area contributed by atoms with Gasteiger partial charge in [0.15, 0.2) is 11.5 Å². The van der Waals surface area contributed by atoms with E-state index in [1.807, 2.05) is 18.2 Å². The molecular formula is C15H15F2N5. The summed E-state index contributed by atoms with van der Waals surface area (Å²) in [4.78, 5) is 0. The predicted octanol–water partition coefficient (Wildman–Crippen LogP) is 3.68. The zero-order valence-corrected chi connectivity index (χ0v) is 12.2. The van der Waals surface area contributed by atoms with Crippen LogP contribution in [-0.2, 0) is 6.42 Å². The Labute approximate surface area is 126 Å². The van der Waals surface area contributed by atoms with Crippen LogP contribution in [0.1, 0.15) is 30.3 Å². The standard InChI is InChI=1S/C15H15F2N5/c1-3-10-8-11(5-4-9(10)2)18-12-6-7-13-19-20-15(14(16)17)22(13)21-12/h4-8,14H,3H2,1-2H3,(H,18,21). The van der Waals surface area contributed by atoms with Crippen molar-refractivity contribution < 1.29 is 8.78 Å². The summed E-state index contributed by atoms with van der Waals surface area (Å²) in [5, 5.41) is 14.4.